The molecule has 0 aromatic heterocycles. The number of rotatable bonds is 7. The summed E-state index contributed by atoms with van der Waals surface area (Å²) >= 11 is 0. The van der Waals surface area contributed by atoms with E-state index in [1.807, 2.05) is 30.3 Å². The van der Waals surface area contributed by atoms with Crippen molar-refractivity contribution >= 4 is 11.5 Å². The van der Waals surface area contributed by atoms with E-state index in [1.165, 1.54) is 24.3 Å². The molecule has 3 aromatic carbocycles. The summed E-state index contributed by atoms with van der Waals surface area (Å²) in [4.78, 5) is 14.8. The average molecular weight is 447 g/mol. The molecule has 0 spiro atoms. The molecule has 0 atom stereocenters. The van der Waals surface area contributed by atoms with E-state index in [0.717, 1.165) is 55.6 Å². The van der Waals surface area contributed by atoms with E-state index in [9.17, 15) is 13.6 Å². The quantitative estimate of drug-likeness (QED) is 0.506. The summed E-state index contributed by atoms with van der Waals surface area (Å²) in [6.45, 7) is 2.75. The smallest absolute Gasteiger partial charge is 0.251 e. The van der Waals surface area contributed by atoms with Gasteiger partial charge in [-0.1, -0.05) is 48.5 Å². The molecule has 33 heavy (non-hydrogen) atoms. The summed E-state index contributed by atoms with van der Waals surface area (Å²) in [7, 11) is 0. The fourth-order valence-electron chi connectivity index (χ4n) is 4.21. The Labute approximate surface area is 193 Å². The van der Waals surface area contributed by atoms with Crippen LogP contribution < -0.4 is 5.32 Å². The Balaban J connectivity index is 1.33. The third kappa shape index (κ3) is 6.36. The number of amides is 1. The Hall–Kier alpha value is -3.31. The van der Waals surface area contributed by atoms with Crippen LogP contribution in [0.4, 0.5) is 8.78 Å². The largest absolute Gasteiger partial charge is 0.349 e. The summed E-state index contributed by atoms with van der Waals surface area (Å²) in [5, 5.41) is 3.14. The van der Waals surface area contributed by atoms with Crippen LogP contribution in [0.1, 0.15) is 40.7 Å². The number of hydrogen-bond donors (Lipinski definition) is 1. The summed E-state index contributed by atoms with van der Waals surface area (Å²) in [5.74, 6) is -0.570. The molecule has 0 saturated carbocycles. The van der Waals surface area contributed by atoms with Crippen molar-refractivity contribution in [3.63, 3.8) is 0 Å². The van der Waals surface area contributed by atoms with E-state index in [0.29, 0.717) is 5.56 Å². The number of hydrogen-bond acceptors (Lipinski definition) is 2. The molecule has 1 aliphatic heterocycles. The molecule has 5 heteroatoms. The lowest BCUT2D eigenvalue weighted by molar-refractivity contribution is 0.0911. The second-order valence-corrected chi connectivity index (χ2v) is 8.38. The first-order valence-corrected chi connectivity index (χ1v) is 11.4. The normalized spacial score (nSPS) is 14.6. The van der Waals surface area contributed by atoms with Gasteiger partial charge in [0.2, 0.25) is 0 Å². The molecule has 0 radical (unpaired) electrons. The van der Waals surface area contributed by atoms with Crippen molar-refractivity contribution in [3.05, 3.63) is 113 Å². The van der Waals surface area contributed by atoms with E-state index < -0.39 is 0 Å². The summed E-state index contributed by atoms with van der Waals surface area (Å²) in [6.07, 6.45) is 4.81. The number of nitrogens with zero attached hydrogens (tertiary/aromatic N) is 1. The molecule has 1 fully saturated rings. The Bertz CT molecular complexity index is 1020. The van der Waals surface area contributed by atoms with Gasteiger partial charge in [-0.05, 0) is 72.4 Å². The fraction of sp³-hybridized carbons (Fsp3) is 0.250. The van der Waals surface area contributed by atoms with Crippen LogP contribution in [0.2, 0.25) is 0 Å². The highest BCUT2D eigenvalue weighted by Gasteiger charge is 2.20. The highest BCUT2D eigenvalue weighted by molar-refractivity contribution is 5.94. The number of halogens is 2. The van der Waals surface area contributed by atoms with Crippen molar-refractivity contribution in [2.45, 2.75) is 25.3 Å². The van der Waals surface area contributed by atoms with Gasteiger partial charge in [-0.2, -0.15) is 0 Å². The third-order valence-electron chi connectivity index (χ3n) is 6.06. The molecule has 1 heterocycles. The lowest BCUT2D eigenvalue weighted by Gasteiger charge is -2.32. The second-order valence-electron chi connectivity index (χ2n) is 8.38. The van der Waals surface area contributed by atoms with Crippen LogP contribution in [0.5, 0.6) is 0 Å². The Morgan fingerprint density at radius 2 is 1.36 bits per heavy atom. The molecule has 170 valence electrons. The number of nitrogens with one attached hydrogen (secondary N) is 1. The van der Waals surface area contributed by atoms with Crippen molar-refractivity contribution in [1.29, 1.82) is 0 Å². The zero-order valence-electron chi connectivity index (χ0n) is 18.5. The van der Waals surface area contributed by atoms with Gasteiger partial charge >= 0.3 is 0 Å². The van der Waals surface area contributed by atoms with Crippen LogP contribution in [-0.4, -0.2) is 36.5 Å². The predicted molar refractivity (Wildman–Crippen MR) is 128 cm³/mol. The number of benzene rings is 3. The second kappa shape index (κ2) is 11.0. The minimum Gasteiger partial charge on any atom is -0.349 e. The van der Waals surface area contributed by atoms with E-state index in [2.05, 4.69) is 16.3 Å². The molecular formula is C28H28F2N2O. The van der Waals surface area contributed by atoms with Crippen molar-refractivity contribution < 1.29 is 13.6 Å². The van der Waals surface area contributed by atoms with Crippen LogP contribution in [0.15, 0.2) is 84.9 Å². The molecule has 3 nitrogen and oxygen atoms in total. The van der Waals surface area contributed by atoms with Crippen LogP contribution in [-0.2, 0) is 0 Å². The average Bonchev–Trinajstić information content (AvgIpc) is 2.85. The highest BCUT2D eigenvalue weighted by Crippen LogP contribution is 2.25. The summed E-state index contributed by atoms with van der Waals surface area (Å²) < 4.78 is 26.8. The van der Waals surface area contributed by atoms with Crippen molar-refractivity contribution in [2.75, 3.05) is 19.6 Å². The molecule has 4 rings (SSSR count). The third-order valence-corrected chi connectivity index (χ3v) is 6.06. The van der Waals surface area contributed by atoms with Crippen molar-refractivity contribution in [2.24, 2.45) is 0 Å². The molecule has 1 aliphatic rings. The standard InChI is InChI=1S/C28H28F2N2O/c29-24-12-8-21(9-13-24)27(22-10-14-25(30)15-11-22)7-4-18-32-19-16-26(17-20-32)31-28(33)23-5-2-1-3-6-23/h1-3,5-15,26H,4,16-20H2,(H,31,33). The summed E-state index contributed by atoms with van der Waals surface area (Å²) in [6, 6.07) is 22.3. The van der Waals surface area contributed by atoms with E-state index in [-0.39, 0.29) is 23.6 Å². The van der Waals surface area contributed by atoms with Crippen LogP contribution in [0, 0.1) is 11.6 Å². The Kier molecular flexibility index (Phi) is 7.63. The number of piperidine rings is 1. The van der Waals surface area contributed by atoms with Gasteiger partial charge < -0.3 is 10.2 Å². The lowest BCUT2D eigenvalue weighted by Crippen LogP contribution is -2.44. The molecule has 0 unspecified atom stereocenters. The topological polar surface area (TPSA) is 32.3 Å². The predicted octanol–water partition coefficient (Wildman–Crippen LogP) is 5.68. The summed E-state index contributed by atoms with van der Waals surface area (Å²) in [5.41, 5.74) is 3.48. The van der Waals surface area contributed by atoms with Crippen LogP contribution in [0.25, 0.3) is 5.57 Å². The molecular weight excluding hydrogens is 418 g/mol. The number of likely N-dealkylation sites (tertiary alicyclic amines) is 1. The SMILES string of the molecule is O=C(NC1CCN(CCC=C(c2ccc(F)cc2)c2ccc(F)cc2)CC1)c1ccccc1. The van der Waals surface area contributed by atoms with Gasteiger partial charge in [0.1, 0.15) is 11.6 Å². The zero-order chi connectivity index (χ0) is 23.0. The van der Waals surface area contributed by atoms with Gasteiger partial charge in [0.05, 0.1) is 0 Å². The van der Waals surface area contributed by atoms with Gasteiger partial charge in [-0.3, -0.25) is 4.79 Å². The van der Waals surface area contributed by atoms with Gasteiger partial charge in [-0.25, -0.2) is 8.78 Å². The molecule has 1 N–H and O–H groups in total. The monoisotopic (exact) mass is 446 g/mol. The van der Waals surface area contributed by atoms with Crippen LogP contribution >= 0.6 is 0 Å². The van der Waals surface area contributed by atoms with E-state index in [4.69, 9.17) is 0 Å². The molecule has 1 saturated heterocycles. The molecule has 0 aliphatic carbocycles. The van der Waals surface area contributed by atoms with Crippen LogP contribution in [0.3, 0.4) is 0 Å². The maximum absolute atomic E-state index is 13.4. The van der Waals surface area contributed by atoms with Gasteiger partial charge in [0.25, 0.3) is 5.91 Å². The first-order chi connectivity index (χ1) is 16.1. The first-order valence-electron chi connectivity index (χ1n) is 11.4. The number of carbonyl (C=O) groups is 1. The molecule has 0 bridgehead atoms. The van der Waals surface area contributed by atoms with Crippen molar-refractivity contribution in [1.82, 2.24) is 10.2 Å². The lowest BCUT2D eigenvalue weighted by atomic mass is 9.96. The number of carbonyl (C=O) groups excluding carboxylic acids is 1. The minimum absolute atomic E-state index is 0.0137. The van der Waals surface area contributed by atoms with E-state index in [1.54, 1.807) is 24.3 Å². The fourth-order valence-corrected chi connectivity index (χ4v) is 4.21. The van der Waals surface area contributed by atoms with Gasteiger partial charge in [-0.15, -0.1) is 0 Å². The minimum atomic E-state index is -0.278. The Morgan fingerprint density at radius 1 is 0.818 bits per heavy atom. The van der Waals surface area contributed by atoms with Gasteiger partial charge in [0, 0.05) is 31.2 Å². The Morgan fingerprint density at radius 3 is 1.91 bits per heavy atom. The maximum atomic E-state index is 13.4. The highest BCUT2D eigenvalue weighted by atomic mass is 19.1. The maximum Gasteiger partial charge on any atom is 0.251 e. The molecule has 3 aromatic rings. The first kappa shape index (κ1) is 22.9. The van der Waals surface area contributed by atoms with E-state index >= 15 is 0 Å². The molecule has 1 amide bonds. The van der Waals surface area contributed by atoms with Gasteiger partial charge in [0.15, 0.2) is 0 Å². The zero-order valence-corrected chi connectivity index (χ0v) is 18.5. The van der Waals surface area contributed by atoms with Crippen molar-refractivity contribution in [3.8, 4) is 0 Å².